The number of aryl methyl sites for hydroxylation is 1. The molecule has 38 heavy (non-hydrogen) atoms. The number of benzene rings is 2. The maximum atomic E-state index is 13.5. The van der Waals surface area contributed by atoms with E-state index in [0.29, 0.717) is 32.3 Å². The molecule has 0 unspecified atom stereocenters. The summed E-state index contributed by atoms with van der Waals surface area (Å²) >= 11 is 7.49. The van der Waals surface area contributed by atoms with Crippen molar-refractivity contribution in [3.05, 3.63) is 86.2 Å². The lowest BCUT2D eigenvalue weighted by molar-refractivity contribution is -0.117. The van der Waals surface area contributed by atoms with Crippen LogP contribution < -0.4 is 5.32 Å². The second-order valence-corrected chi connectivity index (χ2v) is 10.9. The second-order valence-electron chi connectivity index (χ2n) is 9.33. The first kappa shape index (κ1) is 26.1. The summed E-state index contributed by atoms with van der Waals surface area (Å²) in [7, 11) is 0. The van der Waals surface area contributed by atoms with Crippen molar-refractivity contribution >= 4 is 51.6 Å². The van der Waals surface area contributed by atoms with Crippen LogP contribution in [0.15, 0.2) is 48.5 Å². The van der Waals surface area contributed by atoms with E-state index >= 15 is 0 Å². The lowest BCUT2D eigenvalue weighted by Gasteiger charge is -2.26. The van der Waals surface area contributed by atoms with Gasteiger partial charge in [-0.05, 0) is 68.0 Å². The van der Waals surface area contributed by atoms with Crippen molar-refractivity contribution in [3.8, 4) is 0 Å². The zero-order valence-corrected chi connectivity index (χ0v) is 22.5. The van der Waals surface area contributed by atoms with E-state index in [-0.39, 0.29) is 13.0 Å². The fraction of sp³-hybridized carbons (Fsp3) is 0.310. The molecule has 9 heteroatoms. The van der Waals surface area contributed by atoms with E-state index in [0.717, 1.165) is 47.4 Å². The Hall–Kier alpha value is -3.49. The van der Waals surface area contributed by atoms with E-state index in [4.69, 9.17) is 16.3 Å². The number of esters is 1. The number of thiophene rings is 1. The number of ether oxygens (including phenoxy) is 1. The van der Waals surface area contributed by atoms with Gasteiger partial charge < -0.3 is 10.1 Å². The number of fused-ring (bicyclic) bond motifs is 2. The van der Waals surface area contributed by atoms with Crippen molar-refractivity contribution in [2.75, 3.05) is 11.9 Å². The largest absolute Gasteiger partial charge is 0.462 e. The molecule has 1 aromatic heterocycles. The summed E-state index contributed by atoms with van der Waals surface area (Å²) in [5.74, 6) is -1.76. The van der Waals surface area contributed by atoms with Crippen LogP contribution >= 0.6 is 22.9 Å². The third-order valence-corrected chi connectivity index (χ3v) is 8.38. The SMILES string of the molecule is CCOC(=O)c1c(NC(=O)C[C@H](c2ccc(Cl)cc2)N2C(=O)c3ccccc3C2=O)sc2c1CCCCC2. The zero-order valence-electron chi connectivity index (χ0n) is 20.9. The number of carbonyl (C=O) groups excluding carboxylic acids is 4. The van der Waals surface area contributed by atoms with Gasteiger partial charge in [0.05, 0.1) is 35.8 Å². The quantitative estimate of drug-likeness (QED) is 0.214. The van der Waals surface area contributed by atoms with Crippen LogP contribution in [0.5, 0.6) is 0 Å². The van der Waals surface area contributed by atoms with Gasteiger partial charge in [0.15, 0.2) is 0 Å². The molecule has 2 heterocycles. The van der Waals surface area contributed by atoms with Gasteiger partial charge in [0.25, 0.3) is 11.8 Å². The van der Waals surface area contributed by atoms with Gasteiger partial charge in [0, 0.05) is 9.90 Å². The molecule has 1 atom stereocenters. The van der Waals surface area contributed by atoms with E-state index in [2.05, 4.69) is 5.32 Å². The molecular weight excluding hydrogens is 524 g/mol. The van der Waals surface area contributed by atoms with Gasteiger partial charge in [-0.15, -0.1) is 11.3 Å². The third kappa shape index (κ3) is 4.98. The number of hydrogen-bond acceptors (Lipinski definition) is 6. The molecule has 1 N–H and O–H groups in total. The molecule has 2 aliphatic rings. The molecule has 1 aliphatic heterocycles. The molecule has 2 aromatic carbocycles. The average Bonchev–Trinajstić information content (AvgIpc) is 3.25. The highest BCUT2D eigenvalue weighted by Gasteiger charge is 2.41. The van der Waals surface area contributed by atoms with Crippen LogP contribution in [0.4, 0.5) is 5.00 Å². The number of nitrogens with one attached hydrogen (secondary N) is 1. The van der Waals surface area contributed by atoms with Crippen molar-refractivity contribution in [2.45, 2.75) is 51.5 Å². The average molecular weight is 551 g/mol. The highest BCUT2D eigenvalue weighted by Crippen LogP contribution is 2.39. The van der Waals surface area contributed by atoms with Crippen LogP contribution in [0.25, 0.3) is 0 Å². The number of nitrogens with zero attached hydrogens (tertiary/aromatic N) is 1. The van der Waals surface area contributed by atoms with Crippen LogP contribution in [-0.4, -0.2) is 35.2 Å². The monoisotopic (exact) mass is 550 g/mol. The number of hydrogen-bond donors (Lipinski definition) is 1. The summed E-state index contributed by atoms with van der Waals surface area (Å²) < 4.78 is 5.33. The zero-order chi connectivity index (χ0) is 26.8. The Bertz CT molecular complexity index is 1380. The second kappa shape index (κ2) is 11.1. The third-order valence-electron chi connectivity index (χ3n) is 6.92. The minimum Gasteiger partial charge on any atom is -0.462 e. The highest BCUT2D eigenvalue weighted by molar-refractivity contribution is 7.17. The Balaban J connectivity index is 1.46. The Kier molecular flexibility index (Phi) is 7.63. The molecule has 0 fully saturated rings. The maximum absolute atomic E-state index is 13.5. The van der Waals surface area contributed by atoms with Crippen molar-refractivity contribution < 1.29 is 23.9 Å². The van der Waals surface area contributed by atoms with E-state index in [9.17, 15) is 19.2 Å². The number of anilines is 1. The summed E-state index contributed by atoms with van der Waals surface area (Å²) in [6, 6.07) is 12.5. The van der Waals surface area contributed by atoms with Crippen LogP contribution in [0, 0.1) is 0 Å². The summed E-state index contributed by atoms with van der Waals surface area (Å²) in [6.45, 7) is 1.98. The predicted molar refractivity (Wildman–Crippen MR) is 146 cm³/mol. The molecule has 3 amide bonds. The lowest BCUT2D eigenvalue weighted by Crippen LogP contribution is -2.36. The molecule has 1 aliphatic carbocycles. The molecule has 5 rings (SSSR count). The van der Waals surface area contributed by atoms with Gasteiger partial charge >= 0.3 is 5.97 Å². The van der Waals surface area contributed by atoms with E-state index in [1.54, 1.807) is 55.5 Å². The highest BCUT2D eigenvalue weighted by atomic mass is 35.5. The molecule has 0 saturated carbocycles. The minimum absolute atomic E-state index is 0.183. The standard InChI is InChI=1S/C29H27ClN2O5S/c1-2-37-29(36)25-21-10-4-3-5-11-23(21)38-26(25)31-24(33)16-22(17-12-14-18(30)15-13-17)32-27(34)19-8-6-7-9-20(19)28(32)35/h6-9,12-15,22H,2-5,10-11,16H2,1H3,(H,31,33)/t22-/m1/s1. The van der Waals surface area contributed by atoms with Crippen LogP contribution in [0.1, 0.15) is 85.7 Å². The number of carbonyl (C=O) groups is 4. The fourth-order valence-electron chi connectivity index (χ4n) is 5.14. The predicted octanol–water partition coefficient (Wildman–Crippen LogP) is 6.21. The van der Waals surface area contributed by atoms with E-state index < -0.39 is 29.7 Å². The normalized spacial score (nSPS) is 15.5. The van der Waals surface area contributed by atoms with E-state index in [1.165, 1.54) is 11.3 Å². The van der Waals surface area contributed by atoms with Crippen molar-refractivity contribution in [1.82, 2.24) is 4.90 Å². The number of amides is 3. The number of rotatable bonds is 7. The van der Waals surface area contributed by atoms with Gasteiger partial charge in [-0.2, -0.15) is 0 Å². The molecular formula is C29H27ClN2O5S. The van der Waals surface area contributed by atoms with Crippen molar-refractivity contribution in [3.63, 3.8) is 0 Å². The van der Waals surface area contributed by atoms with Crippen LogP contribution in [-0.2, 0) is 22.4 Å². The molecule has 196 valence electrons. The first-order valence-electron chi connectivity index (χ1n) is 12.7. The first-order valence-corrected chi connectivity index (χ1v) is 13.9. The van der Waals surface area contributed by atoms with Gasteiger partial charge in [-0.1, -0.05) is 42.3 Å². The summed E-state index contributed by atoms with van der Waals surface area (Å²) in [5, 5.41) is 3.87. The summed E-state index contributed by atoms with van der Waals surface area (Å²) in [6.07, 6.45) is 4.53. The molecule has 0 saturated heterocycles. The van der Waals surface area contributed by atoms with Gasteiger partial charge in [0.2, 0.25) is 5.91 Å². The Morgan fingerprint density at radius 3 is 2.32 bits per heavy atom. The lowest BCUT2D eigenvalue weighted by atomic mass is 10.0. The molecule has 3 aromatic rings. The Labute approximate surface area is 229 Å². The van der Waals surface area contributed by atoms with Crippen LogP contribution in [0.3, 0.4) is 0 Å². The minimum atomic E-state index is -0.858. The van der Waals surface area contributed by atoms with Gasteiger partial charge in [-0.3, -0.25) is 19.3 Å². The van der Waals surface area contributed by atoms with Gasteiger partial charge in [0.1, 0.15) is 5.00 Å². The number of halogens is 1. The molecule has 0 spiro atoms. The van der Waals surface area contributed by atoms with Crippen LogP contribution in [0.2, 0.25) is 5.02 Å². The fourth-order valence-corrected chi connectivity index (χ4v) is 6.56. The molecule has 7 nitrogen and oxygen atoms in total. The summed E-state index contributed by atoms with van der Waals surface area (Å²) in [5.41, 5.74) is 2.60. The first-order chi connectivity index (χ1) is 18.4. The smallest absolute Gasteiger partial charge is 0.341 e. The Morgan fingerprint density at radius 2 is 1.66 bits per heavy atom. The van der Waals surface area contributed by atoms with E-state index in [1.807, 2.05) is 0 Å². The topological polar surface area (TPSA) is 92.8 Å². The van der Waals surface area contributed by atoms with Crippen molar-refractivity contribution in [1.29, 1.82) is 0 Å². The van der Waals surface area contributed by atoms with Crippen molar-refractivity contribution in [2.24, 2.45) is 0 Å². The van der Waals surface area contributed by atoms with Gasteiger partial charge in [-0.25, -0.2) is 4.79 Å². The Morgan fingerprint density at radius 1 is 1.00 bits per heavy atom. The summed E-state index contributed by atoms with van der Waals surface area (Å²) in [4.78, 5) is 55.2. The maximum Gasteiger partial charge on any atom is 0.341 e. The molecule has 0 bridgehead atoms. The number of imide groups is 1. The molecule has 0 radical (unpaired) electrons.